The number of ketones is 1. The Bertz CT molecular complexity index is 2710. The van der Waals surface area contributed by atoms with Crippen LogP contribution in [0, 0.1) is 11.6 Å². The molecule has 0 amide bonds. The molecule has 6 aromatic rings. The van der Waals surface area contributed by atoms with Crippen molar-refractivity contribution < 1.29 is 31.5 Å². The summed E-state index contributed by atoms with van der Waals surface area (Å²) in [5.74, 6) is -0.809. The highest BCUT2D eigenvalue weighted by Crippen LogP contribution is 2.45. The van der Waals surface area contributed by atoms with Crippen LogP contribution in [0.5, 0.6) is 11.5 Å². The zero-order valence-corrected chi connectivity index (χ0v) is 34.2. The van der Waals surface area contributed by atoms with Crippen molar-refractivity contribution in [2.45, 2.75) is 74.9 Å². The van der Waals surface area contributed by atoms with E-state index in [0.29, 0.717) is 27.9 Å². The van der Waals surface area contributed by atoms with Crippen LogP contribution in [-0.4, -0.2) is 40.4 Å². The molecule has 2 heterocycles. The van der Waals surface area contributed by atoms with Crippen LogP contribution in [-0.2, 0) is 29.5 Å². The maximum absolute atomic E-state index is 16.6. The highest BCUT2D eigenvalue weighted by atomic mass is 35.5. The average molecular weight is 851 g/mol. The van der Waals surface area contributed by atoms with Gasteiger partial charge in [0.1, 0.15) is 24.8 Å². The lowest BCUT2D eigenvalue weighted by Gasteiger charge is -2.28. The largest absolute Gasteiger partial charge is 0.486 e. The molecular weight excluding hydrogens is 810 g/mol. The van der Waals surface area contributed by atoms with Gasteiger partial charge in [0.2, 0.25) is 0 Å². The van der Waals surface area contributed by atoms with Gasteiger partial charge in [-0.25, -0.2) is 32.2 Å². The quantitative estimate of drug-likeness (QED) is 0.100. The molecule has 0 atom stereocenters. The number of Topliss-reactive ketones (excluding diaryl/α,β-unsaturated/α-hetero) is 1. The Morgan fingerprint density at radius 3 is 1.93 bits per heavy atom. The molecule has 0 radical (unpaired) electrons. The lowest BCUT2D eigenvalue weighted by Crippen LogP contribution is -2.14. The smallest absolute Gasteiger partial charge is 0.175 e. The van der Waals surface area contributed by atoms with E-state index in [4.69, 9.17) is 32.5 Å². The van der Waals surface area contributed by atoms with Gasteiger partial charge in [-0.1, -0.05) is 66.9 Å². The van der Waals surface area contributed by atoms with E-state index in [1.54, 1.807) is 54.6 Å². The zero-order valence-electron chi connectivity index (χ0n) is 32.6. The van der Waals surface area contributed by atoms with E-state index in [1.807, 2.05) is 6.07 Å². The van der Waals surface area contributed by atoms with E-state index >= 15 is 8.78 Å². The number of rotatable bonds is 14. The van der Waals surface area contributed by atoms with E-state index < -0.39 is 21.5 Å². The minimum atomic E-state index is -3.65. The minimum absolute atomic E-state index is 0.000578. The summed E-state index contributed by atoms with van der Waals surface area (Å²) in [7, 11) is -3.65. The third-order valence-electron chi connectivity index (χ3n) is 11.2. The van der Waals surface area contributed by atoms with Crippen LogP contribution in [0.15, 0.2) is 90.2 Å². The van der Waals surface area contributed by atoms with Crippen molar-refractivity contribution in [2.24, 2.45) is 0 Å². The Kier molecular flexibility index (Phi) is 11.5. The molecule has 2 aliphatic carbocycles. The highest BCUT2D eigenvalue weighted by Gasteiger charge is 2.29. The number of nitrogen functional groups attached to an aromatic ring is 2. The van der Waals surface area contributed by atoms with Gasteiger partial charge in [-0.15, -0.1) is 0 Å². The van der Waals surface area contributed by atoms with E-state index in [1.165, 1.54) is 24.7 Å². The number of nitrogens with zero attached hydrogens (tertiary/aromatic N) is 4. The number of hydrogen-bond acceptors (Lipinski definition) is 11. The Morgan fingerprint density at radius 1 is 0.767 bits per heavy atom. The van der Waals surface area contributed by atoms with Gasteiger partial charge in [0.15, 0.2) is 38.8 Å². The molecule has 2 aromatic heterocycles. The van der Waals surface area contributed by atoms with Crippen molar-refractivity contribution in [3.8, 4) is 34.0 Å². The SMILES string of the molecule is CS(=O)(=O)c1cc(Cl)ccc1COc1c(C2CCC2)ccc(-c2cnc(N)c(CC(=O)c3ccc(COc4c(C5CCC5)ccc(-c5cnc(N)cn5)c4F)cc3)n2)c1F. The third-order valence-corrected chi connectivity index (χ3v) is 12.6. The van der Waals surface area contributed by atoms with Crippen molar-refractivity contribution >= 4 is 38.9 Å². The number of ether oxygens (including phenoxy) is 2. The number of sulfone groups is 1. The topological polar surface area (TPSA) is 173 Å². The van der Waals surface area contributed by atoms with Gasteiger partial charge in [-0.3, -0.25) is 9.78 Å². The van der Waals surface area contributed by atoms with Gasteiger partial charge in [0.05, 0.1) is 47.0 Å². The molecule has 2 fully saturated rings. The fraction of sp³-hybridized carbons (Fsp3) is 0.267. The van der Waals surface area contributed by atoms with Gasteiger partial charge >= 0.3 is 0 Å². The normalized spacial score (nSPS) is 14.3. The highest BCUT2D eigenvalue weighted by molar-refractivity contribution is 7.90. The number of aromatic nitrogens is 4. The Balaban J connectivity index is 0.991. The molecule has 0 saturated heterocycles. The summed E-state index contributed by atoms with van der Waals surface area (Å²) in [6.07, 6.45) is 10.7. The first-order valence-electron chi connectivity index (χ1n) is 19.5. The first-order valence-corrected chi connectivity index (χ1v) is 21.8. The number of anilines is 2. The molecule has 0 bridgehead atoms. The lowest BCUT2D eigenvalue weighted by atomic mass is 9.79. The van der Waals surface area contributed by atoms with Crippen molar-refractivity contribution in [3.05, 3.63) is 135 Å². The van der Waals surface area contributed by atoms with Crippen molar-refractivity contribution in [1.29, 1.82) is 0 Å². The molecule has 0 aliphatic heterocycles. The summed E-state index contributed by atoms with van der Waals surface area (Å²) in [5, 5.41) is 0.251. The van der Waals surface area contributed by atoms with Crippen LogP contribution >= 0.6 is 11.6 Å². The molecule has 2 saturated carbocycles. The molecule has 4 N–H and O–H groups in total. The molecule has 15 heteroatoms. The third kappa shape index (κ3) is 8.52. The van der Waals surface area contributed by atoms with Gasteiger partial charge in [0, 0.05) is 44.7 Å². The fourth-order valence-electron chi connectivity index (χ4n) is 7.43. The average Bonchev–Trinajstić information content (AvgIpc) is 3.18. The summed E-state index contributed by atoms with van der Waals surface area (Å²) < 4.78 is 69.8. The first kappa shape index (κ1) is 40.8. The summed E-state index contributed by atoms with van der Waals surface area (Å²) >= 11 is 6.09. The molecular formula is C45H41ClF2N6O5S. The van der Waals surface area contributed by atoms with Crippen LogP contribution in [0.2, 0.25) is 5.02 Å². The van der Waals surface area contributed by atoms with Crippen LogP contribution in [0.1, 0.15) is 88.7 Å². The number of nitrogens with two attached hydrogens (primary N) is 2. The standard InChI is InChI=1S/C45H41ClF2N6O5S/c1-60(56,57)39-18-30(46)13-12-29(39)24-59-44-32(27-6-3-7-27)15-17-34(42(44)48)37-21-53-45(50)35(54-37)19-38(55)28-10-8-25(9-11-28)23-58-43-31(26-4-2-5-26)14-16-33(41(43)47)36-20-52-40(49)22-51-36/h8-18,20-22,26-27H,2-7,19,23-24H2,1H3,(H2,49,52)(H2,50,53). The molecule has 0 unspecified atom stereocenters. The van der Waals surface area contributed by atoms with E-state index in [0.717, 1.165) is 50.3 Å². The Labute approximate surface area is 351 Å². The van der Waals surface area contributed by atoms with Gasteiger partial charge in [0.25, 0.3) is 0 Å². The van der Waals surface area contributed by atoms with E-state index in [2.05, 4.69) is 19.9 Å². The number of hydrogen-bond donors (Lipinski definition) is 2. The van der Waals surface area contributed by atoms with Crippen LogP contribution in [0.25, 0.3) is 22.5 Å². The molecule has 308 valence electrons. The predicted octanol–water partition coefficient (Wildman–Crippen LogP) is 9.22. The second-order valence-corrected chi connectivity index (χ2v) is 17.7. The monoisotopic (exact) mass is 850 g/mol. The molecule has 4 aromatic carbocycles. The van der Waals surface area contributed by atoms with Crippen LogP contribution in [0.3, 0.4) is 0 Å². The molecule has 2 aliphatic rings. The molecule has 60 heavy (non-hydrogen) atoms. The van der Waals surface area contributed by atoms with Gasteiger partial charge in [-0.05, 0) is 67.3 Å². The summed E-state index contributed by atoms with van der Waals surface area (Å²) in [6, 6.07) is 18.2. The second-order valence-electron chi connectivity index (χ2n) is 15.3. The Hall–Kier alpha value is -5.99. The molecule has 11 nitrogen and oxygen atoms in total. The van der Waals surface area contributed by atoms with E-state index in [9.17, 15) is 13.2 Å². The van der Waals surface area contributed by atoms with E-state index in [-0.39, 0.29) is 92.8 Å². The predicted molar refractivity (Wildman–Crippen MR) is 225 cm³/mol. The fourth-order valence-corrected chi connectivity index (χ4v) is 8.61. The van der Waals surface area contributed by atoms with Crippen molar-refractivity contribution in [3.63, 3.8) is 0 Å². The number of carbonyl (C=O) groups excluding carboxylic acids is 1. The number of halogens is 3. The number of benzene rings is 4. The zero-order chi connectivity index (χ0) is 42.1. The van der Waals surface area contributed by atoms with Gasteiger partial charge < -0.3 is 20.9 Å². The first-order chi connectivity index (χ1) is 28.8. The van der Waals surface area contributed by atoms with Crippen LogP contribution < -0.4 is 20.9 Å². The minimum Gasteiger partial charge on any atom is -0.486 e. The summed E-state index contributed by atoms with van der Waals surface area (Å²) in [6.45, 7) is -0.165. The molecule has 0 spiro atoms. The summed E-state index contributed by atoms with van der Waals surface area (Å²) in [5.41, 5.74) is 15.8. The Morgan fingerprint density at radius 2 is 1.37 bits per heavy atom. The maximum atomic E-state index is 16.6. The lowest BCUT2D eigenvalue weighted by molar-refractivity contribution is 0.0992. The summed E-state index contributed by atoms with van der Waals surface area (Å²) in [4.78, 5) is 30.7. The van der Waals surface area contributed by atoms with Crippen molar-refractivity contribution in [1.82, 2.24) is 19.9 Å². The maximum Gasteiger partial charge on any atom is 0.175 e. The number of carbonyl (C=O) groups is 1. The van der Waals surface area contributed by atoms with Gasteiger partial charge in [-0.2, -0.15) is 0 Å². The molecule has 8 rings (SSSR count). The van der Waals surface area contributed by atoms with Crippen LogP contribution in [0.4, 0.5) is 20.4 Å². The van der Waals surface area contributed by atoms with Crippen molar-refractivity contribution in [2.75, 3.05) is 17.7 Å². The second kappa shape index (κ2) is 16.9.